The van der Waals surface area contributed by atoms with Gasteiger partial charge in [-0.2, -0.15) is 0 Å². The lowest BCUT2D eigenvalue weighted by molar-refractivity contribution is 0.675. The van der Waals surface area contributed by atoms with E-state index < -0.39 is 0 Å². The molecule has 0 fully saturated rings. The molecule has 0 aromatic carbocycles. The van der Waals surface area contributed by atoms with E-state index in [2.05, 4.69) is 15.3 Å². The first kappa shape index (κ1) is 11.5. The van der Waals surface area contributed by atoms with Gasteiger partial charge in [0, 0.05) is 11.1 Å². The van der Waals surface area contributed by atoms with Crippen LogP contribution in [0.25, 0.3) is 0 Å². The highest BCUT2D eigenvalue weighted by atomic mass is 35.5. The van der Waals surface area contributed by atoms with Gasteiger partial charge < -0.3 is 5.32 Å². The molecule has 0 aliphatic heterocycles. The van der Waals surface area contributed by atoms with Crippen LogP contribution in [0.2, 0.25) is 4.34 Å². The van der Waals surface area contributed by atoms with Crippen LogP contribution in [0.5, 0.6) is 0 Å². The van der Waals surface area contributed by atoms with E-state index in [4.69, 9.17) is 11.6 Å². The van der Waals surface area contributed by atoms with E-state index in [1.165, 1.54) is 0 Å². The van der Waals surface area contributed by atoms with Crippen LogP contribution < -0.4 is 5.32 Å². The Morgan fingerprint density at radius 3 is 2.75 bits per heavy atom. The van der Waals surface area contributed by atoms with Gasteiger partial charge in [0.1, 0.15) is 5.82 Å². The maximum Gasteiger partial charge on any atom is 0.125 e. The third-order valence-corrected chi connectivity index (χ3v) is 3.56. The Bertz CT molecular complexity index is 484. The number of nitrogens with zero attached hydrogens (tertiary/aromatic N) is 2. The third kappa shape index (κ3) is 2.40. The van der Waals surface area contributed by atoms with Crippen molar-refractivity contribution in [2.45, 2.75) is 13.0 Å². The number of halogens is 1. The summed E-state index contributed by atoms with van der Waals surface area (Å²) < 4.78 is 0.793. The van der Waals surface area contributed by atoms with Gasteiger partial charge in [-0.3, -0.25) is 0 Å². The second-order valence-corrected chi connectivity index (χ2v) is 5.14. The number of rotatable bonds is 3. The molecule has 0 saturated carbocycles. The first-order chi connectivity index (χ1) is 7.70. The lowest BCUT2D eigenvalue weighted by Gasteiger charge is -2.13. The first-order valence-electron chi connectivity index (χ1n) is 4.92. The summed E-state index contributed by atoms with van der Waals surface area (Å²) in [6.07, 6.45) is 1.78. The summed E-state index contributed by atoms with van der Waals surface area (Å²) in [6, 6.07) is 5.92. The van der Waals surface area contributed by atoms with E-state index in [0.29, 0.717) is 0 Å². The Hall–Kier alpha value is -0.970. The number of hydrogen-bond donors (Lipinski definition) is 1. The monoisotopic (exact) mass is 253 g/mol. The van der Waals surface area contributed by atoms with Gasteiger partial charge in [0.15, 0.2) is 0 Å². The van der Waals surface area contributed by atoms with E-state index in [1.54, 1.807) is 17.5 Å². The van der Waals surface area contributed by atoms with Crippen LogP contribution >= 0.6 is 22.9 Å². The molecule has 1 N–H and O–H groups in total. The summed E-state index contributed by atoms with van der Waals surface area (Å²) in [5.41, 5.74) is 0.966. The number of aromatic nitrogens is 2. The van der Waals surface area contributed by atoms with Crippen molar-refractivity contribution in [1.29, 1.82) is 0 Å². The molecule has 84 valence electrons. The van der Waals surface area contributed by atoms with Gasteiger partial charge >= 0.3 is 0 Å². The van der Waals surface area contributed by atoms with Crippen LogP contribution in [0.3, 0.4) is 0 Å². The summed E-state index contributed by atoms with van der Waals surface area (Å²) in [6.45, 7) is 1.89. The van der Waals surface area contributed by atoms with Gasteiger partial charge in [0.25, 0.3) is 0 Å². The Morgan fingerprint density at radius 2 is 2.19 bits per heavy atom. The molecule has 2 aromatic heterocycles. The maximum absolute atomic E-state index is 5.94. The van der Waals surface area contributed by atoms with E-state index in [-0.39, 0.29) is 6.04 Å². The molecule has 16 heavy (non-hydrogen) atoms. The van der Waals surface area contributed by atoms with E-state index in [0.717, 1.165) is 20.7 Å². The van der Waals surface area contributed by atoms with E-state index in [9.17, 15) is 0 Å². The fourth-order valence-corrected chi connectivity index (χ4v) is 2.74. The highest BCUT2D eigenvalue weighted by Crippen LogP contribution is 2.29. The summed E-state index contributed by atoms with van der Waals surface area (Å²) in [5, 5.41) is 3.24. The van der Waals surface area contributed by atoms with Crippen molar-refractivity contribution in [3.05, 3.63) is 45.1 Å². The van der Waals surface area contributed by atoms with Crippen LogP contribution in [-0.2, 0) is 0 Å². The lowest BCUT2D eigenvalue weighted by Crippen LogP contribution is -2.18. The molecule has 0 saturated heterocycles. The number of aryl methyl sites for hydroxylation is 1. The molecule has 2 heterocycles. The smallest absolute Gasteiger partial charge is 0.125 e. The average molecular weight is 254 g/mol. The van der Waals surface area contributed by atoms with Crippen LogP contribution in [-0.4, -0.2) is 17.0 Å². The quantitative estimate of drug-likeness (QED) is 0.914. The average Bonchev–Trinajstić information content (AvgIpc) is 2.66. The van der Waals surface area contributed by atoms with Crippen LogP contribution in [0.1, 0.15) is 22.4 Å². The Morgan fingerprint density at radius 1 is 1.38 bits per heavy atom. The van der Waals surface area contributed by atoms with Crippen molar-refractivity contribution < 1.29 is 0 Å². The predicted molar refractivity (Wildman–Crippen MR) is 67.0 cm³/mol. The maximum atomic E-state index is 5.94. The zero-order chi connectivity index (χ0) is 11.5. The summed E-state index contributed by atoms with van der Waals surface area (Å²) in [4.78, 5) is 9.67. The Kier molecular flexibility index (Phi) is 3.53. The van der Waals surface area contributed by atoms with Gasteiger partial charge in [-0.15, -0.1) is 11.3 Å². The SMILES string of the molecule is CNC(c1ccnc(C)n1)c1ccc(Cl)s1. The summed E-state index contributed by atoms with van der Waals surface area (Å²) in [5.74, 6) is 0.778. The minimum atomic E-state index is 0.0826. The number of hydrogen-bond acceptors (Lipinski definition) is 4. The highest BCUT2D eigenvalue weighted by Gasteiger charge is 2.15. The fourth-order valence-electron chi connectivity index (χ4n) is 1.55. The number of nitrogens with one attached hydrogen (secondary N) is 1. The van der Waals surface area contributed by atoms with Crippen molar-refractivity contribution in [3.8, 4) is 0 Å². The molecule has 5 heteroatoms. The topological polar surface area (TPSA) is 37.8 Å². The summed E-state index contributed by atoms with van der Waals surface area (Å²) in [7, 11) is 1.91. The second-order valence-electron chi connectivity index (χ2n) is 3.39. The van der Waals surface area contributed by atoms with Crippen LogP contribution in [0.4, 0.5) is 0 Å². The molecule has 0 radical (unpaired) electrons. The van der Waals surface area contributed by atoms with Crippen molar-refractivity contribution in [3.63, 3.8) is 0 Å². The molecular formula is C11H12ClN3S. The van der Waals surface area contributed by atoms with E-state index in [1.807, 2.05) is 32.2 Å². The molecule has 0 spiro atoms. The summed E-state index contributed by atoms with van der Waals surface area (Å²) >= 11 is 7.50. The number of thiophene rings is 1. The van der Waals surface area contributed by atoms with Gasteiger partial charge in [-0.05, 0) is 32.2 Å². The highest BCUT2D eigenvalue weighted by molar-refractivity contribution is 7.16. The fraction of sp³-hybridized carbons (Fsp3) is 0.273. The lowest BCUT2D eigenvalue weighted by atomic mass is 10.1. The van der Waals surface area contributed by atoms with Crippen LogP contribution in [0, 0.1) is 6.92 Å². The van der Waals surface area contributed by atoms with Gasteiger partial charge in [0.05, 0.1) is 16.1 Å². The van der Waals surface area contributed by atoms with Crippen molar-refractivity contribution in [2.75, 3.05) is 7.05 Å². The van der Waals surface area contributed by atoms with E-state index >= 15 is 0 Å². The Labute approximate surface area is 104 Å². The molecule has 1 unspecified atom stereocenters. The first-order valence-corrected chi connectivity index (χ1v) is 6.12. The molecular weight excluding hydrogens is 242 g/mol. The molecule has 1 atom stereocenters. The molecule has 0 amide bonds. The van der Waals surface area contributed by atoms with Crippen molar-refractivity contribution in [2.24, 2.45) is 0 Å². The normalized spacial score (nSPS) is 12.7. The minimum Gasteiger partial charge on any atom is -0.307 e. The van der Waals surface area contributed by atoms with Crippen molar-refractivity contribution >= 4 is 22.9 Å². The molecule has 2 rings (SSSR count). The zero-order valence-electron chi connectivity index (χ0n) is 9.07. The molecule has 3 nitrogen and oxygen atoms in total. The van der Waals surface area contributed by atoms with Gasteiger partial charge in [-0.25, -0.2) is 9.97 Å². The molecule has 2 aromatic rings. The minimum absolute atomic E-state index is 0.0826. The molecule has 0 bridgehead atoms. The third-order valence-electron chi connectivity index (χ3n) is 2.26. The molecule has 0 aliphatic rings. The zero-order valence-corrected chi connectivity index (χ0v) is 10.6. The standard InChI is InChI=1S/C11H12ClN3S/c1-7-14-6-5-8(15-7)11(13-2)9-3-4-10(12)16-9/h3-6,11,13H,1-2H3. The second kappa shape index (κ2) is 4.91. The van der Waals surface area contributed by atoms with Gasteiger partial charge in [-0.1, -0.05) is 11.6 Å². The molecule has 0 aliphatic carbocycles. The Balaban J connectivity index is 2.36. The van der Waals surface area contributed by atoms with Crippen LogP contribution in [0.15, 0.2) is 24.4 Å². The van der Waals surface area contributed by atoms with Gasteiger partial charge in [0.2, 0.25) is 0 Å². The van der Waals surface area contributed by atoms with Crippen molar-refractivity contribution in [1.82, 2.24) is 15.3 Å². The largest absolute Gasteiger partial charge is 0.307 e. The predicted octanol–water partition coefficient (Wildman–Crippen LogP) is 2.81.